The number of piperazine rings is 1. The average Bonchev–Trinajstić information content (AvgIpc) is 3.39. The molecule has 0 saturated carbocycles. The molecule has 0 bridgehead atoms. The Morgan fingerprint density at radius 3 is 2.45 bits per heavy atom. The van der Waals surface area contributed by atoms with Crippen molar-refractivity contribution in [2.75, 3.05) is 39.8 Å². The van der Waals surface area contributed by atoms with Gasteiger partial charge in [-0.1, -0.05) is 41.9 Å². The minimum Gasteiger partial charge on any atom is -0.497 e. The fourth-order valence-electron chi connectivity index (χ4n) is 3.82. The Balaban J connectivity index is 1.41. The number of thiophene rings is 1. The number of nitrogens with zero attached hydrogens (tertiary/aromatic N) is 2. The minimum atomic E-state index is -3.41. The van der Waals surface area contributed by atoms with Gasteiger partial charge < -0.3 is 9.47 Å². The highest BCUT2D eigenvalue weighted by atomic mass is 35.5. The maximum Gasteiger partial charge on any atom is 0.252 e. The van der Waals surface area contributed by atoms with E-state index in [0.29, 0.717) is 48.6 Å². The molecular formula is C24H27ClN2O4S2. The van der Waals surface area contributed by atoms with Gasteiger partial charge >= 0.3 is 0 Å². The molecule has 1 aliphatic rings. The highest BCUT2D eigenvalue weighted by Gasteiger charge is 2.30. The maximum absolute atomic E-state index is 12.8. The van der Waals surface area contributed by atoms with E-state index in [-0.39, 0.29) is 6.10 Å². The van der Waals surface area contributed by atoms with Crippen molar-refractivity contribution in [3.63, 3.8) is 0 Å². The van der Waals surface area contributed by atoms with Crippen LogP contribution in [-0.4, -0.2) is 57.5 Å². The fraction of sp³-hybridized carbons (Fsp3) is 0.333. The summed E-state index contributed by atoms with van der Waals surface area (Å²) in [5, 5.41) is 2.47. The summed E-state index contributed by atoms with van der Waals surface area (Å²) in [6, 6.07) is 19.0. The Kier molecular flexibility index (Phi) is 8.06. The van der Waals surface area contributed by atoms with Crippen LogP contribution in [0.1, 0.15) is 17.2 Å². The van der Waals surface area contributed by atoms with Crippen LogP contribution < -0.4 is 4.74 Å². The first kappa shape index (κ1) is 24.2. The van der Waals surface area contributed by atoms with Gasteiger partial charge in [-0.05, 0) is 46.8 Å². The molecule has 0 radical (unpaired) electrons. The zero-order valence-corrected chi connectivity index (χ0v) is 20.8. The molecule has 1 saturated heterocycles. The van der Waals surface area contributed by atoms with E-state index in [0.717, 1.165) is 16.9 Å². The molecule has 33 heavy (non-hydrogen) atoms. The van der Waals surface area contributed by atoms with Crippen molar-refractivity contribution in [2.45, 2.75) is 16.9 Å². The summed E-state index contributed by atoms with van der Waals surface area (Å²) in [7, 11) is -1.77. The summed E-state index contributed by atoms with van der Waals surface area (Å²) in [6.45, 7) is 3.33. The second-order valence-corrected chi connectivity index (χ2v) is 11.4. The molecule has 0 spiro atoms. The largest absolute Gasteiger partial charge is 0.497 e. The summed E-state index contributed by atoms with van der Waals surface area (Å²) in [5.41, 5.74) is 2.07. The van der Waals surface area contributed by atoms with Gasteiger partial charge in [-0.3, -0.25) is 4.90 Å². The van der Waals surface area contributed by atoms with E-state index < -0.39 is 10.0 Å². The van der Waals surface area contributed by atoms with E-state index in [1.54, 1.807) is 28.9 Å². The molecule has 2 heterocycles. The second kappa shape index (κ2) is 11.0. The van der Waals surface area contributed by atoms with Crippen LogP contribution in [0.5, 0.6) is 5.75 Å². The summed E-state index contributed by atoms with van der Waals surface area (Å²) in [4.78, 5) is 2.26. The highest BCUT2D eigenvalue weighted by molar-refractivity contribution is 7.91. The molecule has 1 atom stereocenters. The Labute approximate surface area is 204 Å². The van der Waals surface area contributed by atoms with Gasteiger partial charge in [0.15, 0.2) is 0 Å². The van der Waals surface area contributed by atoms with E-state index in [1.165, 1.54) is 11.3 Å². The maximum atomic E-state index is 12.8. The van der Waals surface area contributed by atoms with E-state index in [2.05, 4.69) is 4.90 Å². The standard InChI is InChI=1S/C24H27ClN2O4S2/c1-30-22-5-2-4-19(16-22)18-31-23(20-7-9-21(25)10-8-20)17-26-11-13-27(14-12-26)33(28,29)24-6-3-15-32-24/h2-10,15-16,23H,11-14,17-18H2,1H3/t23-/m1/s1. The molecule has 6 nitrogen and oxygen atoms in total. The van der Waals surface area contributed by atoms with Crippen LogP contribution in [0, 0.1) is 0 Å². The monoisotopic (exact) mass is 506 g/mol. The molecular weight excluding hydrogens is 480 g/mol. The van der Waals surface area contributed by atoms with Gasteiger partial charge in [0.25, 0.3) is 10.0 Å². The second-order valence-electron chi connectivity index (χ2n) is 7.84. The molecule has 0 N–H and O–H groups in total. The topological polar surface area (TPSA) is 59.1 Å². The van der Waals surface area contributed by atoms with Crippen LogP contribution in [0.2, 0.25) is 5.02 Å². The van der Waals surface area contributed by atoms with Crippen LogP contribution in [-0.2, 0) is 21.4 Å². The number of ether oxygens (including phenoxy) is 2. The fourth-order valence-corrected chi connectivity index (χ4v) is 6.51. The zero-order chi connectivity index (χ0) is 23.3. The minimum absolute atomic E-state index is 0.172. The molecule has 1 fully saturated rings. The van der Waals surface area contributed by atoms with E-state index in [1.807, 2.05) is 48.5 Å². The molecule has 9 heteroatoms. The third-order valence-corrected chi connectivity index (χ3v) is 9.20. The molecule has 2 aromatic carbocycles. The van der Waals surface area contributed by atoms with Crippen molar-refractivity contribution in [3.05, 3.63) is 82.2 Å². The lowest BCUT2D eigenvalue weighted by atomic mass is 10.1. The lowest BCUT2D eigenvalue weighted by Crippen LogP contribution is -2.49. The van der Waals surface area contributed by atoms with Crippen LogP contribution in [0.4, 0.5) is 0 Å². The highest BCUT2D eigenvalue weighted by Crippen LogP contribution is 2.26. The van der Waals surface area contributed by atoms with Gasteiger partial charge in [-0.2, -0.15) is 4.31 Å². The molecule has 1 aromatic heterocycles. The number of sulfonamides is 1. The Bertz CT molecular complexity index is 1130. The van der Waals surface area contributed by atoms with Gasteiger partial charge in [0.2, 0.25) is 0 Å². The number of hydrogen-bond acceptors (Lipinski definition) is 6. The number of benzene rings is 2. The van der Waals surface area contributed by atoms with Crippen molar-refractivity contribution < 1.29 is 17.9 Å². The summed E-state index contributed by atoms with van der Waals surface area (Å²) >= 11 is 7.35. The van der Waals surface area contributed by atoms with Crippen LogP contribution in [0.3, 0.4) is 0 Å². The number of hydrogen-bond donors (Lipinski definition) is 0. The van der Waals surface area contributed by atoms with Crippen LogP contribution >= 0.6 is 22.9 Å². The predicted octanol–water partition coefficient (Wildman–Crippen LogP) is 4.67. The molecule has 1 aliphatic heterocycles. The number of methoxy groups -OCH3 is 1. The third kappa shape index (κ3) is 6.15. The molecule has 176 valence electrons. The van der Waals surface area contributed by atoms with Crippen LogP contribution in [0.25, 0.3) is 0 Å². The molecule has 0 unspecified atom stereocenters. The van der Waals surface area contributed by atoms with Crippen LogP contribution in [0.15, 0.2) is 70.3 Å². The van der Waals surface area contributed by atoms with Crippen molar-refractivity contribution in [1.29, 1.82) is 0 Å². The Hall–Kier alpha value is -1.94. The van der Waals surface area contributed by atoms with Crippen molar-refractivity contribution in [1.82, 2.24) is 9.21 Å². The normalized spacial score (nSPS) is 16.5. The smallest absolute Gasteiger partial charge is 0.252 e. The van der Waals surface area contributed by atoms with Crippen molar-refractivity contribution in [2.24, 2.45) is 0 Å². The SMILES string of the molecule is COc1cccc(CO[C@H](CN2CCN(S(=O)(=O)c3cccs3)CC2)c2ccc(Cl)cc2)c1. The first-order valence-electron chi connectivity index (χ1n) is 10.7. The van der Waals surface area contributed by atoms with E-state index >= 15 is 0 Å². The lowest BCUT2D eigenvalue weighted by Gasteiger charge is -2.35. The Morgan fingerprint density at radius 2 is 1.79 bits per heavy atom. The van der Waals surface area contributed by atoms with Crippen molar-refractivity contribution in [3.8, 4) is 5.75 Å². The Morgan fingerprint density at radius 1 is 1.03 bits per heavy atom. The summed E-state index contributed by atoms with van der Waals surface area (Å²) in [6.07, 6.45) is -0.172. The van der Waals surface area contributed by atoms with Gasteiger partial charge in [-0.25, -0.2) is 8.42 Å². The van der Waals surface area contributed by atoms with Crippen molar-refractivity contribution >= 4 is 33.0 Å². The summed E-state index contributed by atoms with van der Waals surface area (Å²) < 4.78 is 39.3. The molecule has 4 rings (SSSR count). The molecule has 0 aliphatic carbocycles. The summed E-state index contributed by atoms with van der Waals surface area (Å²) in [5.74, 6) is 0.794. The van der Waals surface area contributed by atoms with Gasteiger partial charge in [0.05, 0.1) is 19.8 Å². The molecule has 0 amide bonds. The van der Waals surface area contributed by atoms with E-state index in [4.69, 9.17) is 21.1 Å². The lowest BCUT2D eigenvalue weighted by molar-refractivity contribution is 0.00768. The van der Waals surface area contributed by atoms with Gasteiger partial charge in [0, 0.05) is 37.7 Å². The predicted molar refractivity (Wildman–Crippen MR) is 131 cm³/mol. The van der Waals surface area contributed by atoms with E-state index in [9.17, 15) is 8.42 Å². The number of halogens is 1. The molecule has 3 aromatic rings. The van der Waals surface area contributed by atoms with Gasteiger partial charge in [-0.15, -0.1) is 11.3 Å². The first-order valence-corrected chi connectivity index (χ1v) is 13.4. The zero-order valence-electron chi connectivity index (χ0n) is 18.4. The average molecular weight is 507 g/mol. The number of rotatable bonds is 9. The first-order chi connectivity index (χ1) is 16.0. The van der Waals surface area contributed by atoms with Gasteiger partial charge in [0.1, 0.15) is 9.96 Å². The third-order valence-electron chi connectivity index (χ3n) is 5.67. The quantitative estimate of drug-likeness (QED) is 0.422.